The first-order valence-corrected chi connectivity index (χ1v) is 8.44. The highest BCUT2D eigenvalue weighted by Gasteiger charge is 2.12. The van der Waals surface area contributed by atoms with E-state index < -0.39 is 4.92 Å². The van der Waals surface area contributed by atoms with Crippen LogP contribution in [0.5, 0.6) is 0 Å². The van der Waals surface area contributed by atoms with Crippen LogP contribution >= 0.6 is 11.3 Å². The number of hydrogen-bond acceptors (Lipinski definition) is 6. The first-order valence-electron chi connectivity index (χ1n) is 7.63. The van der Waals surface area contributed by atoms with Crippen molar-refractivity contribution >= 4 is 29.0 Å². The third-order valence-electron chi connectivity index (χ3n) is 3.47. The maximum absolute atomic E-state index is 12.1. The molecule has 0 aliphatic heterocycles. The predicted molar refractivity (Wildman–Crippen MR) is 93.8 cm³/mol. The number of ketones is 1. The zero-order valence-electron chi connectivity index (χ0n) is 13.4. The summed E-state index contributed by atoms with van der Waals surface area (Å²) >= 11 is 1.49. The van der Waals surface area contributed by atoms with Gasteiger partial charge in [-0.2, -0.15) is 4.68 Å². The zero-order valence-corrected chi connectivity index (χ0v) is 14.2. The molecule has 0 N–H and O–H groups in total. The predicted octanol–water partition coefficient (Wildman–Crippen LogP) is 3.95. The summed E-state index contributed by atoms with van der Waals surface area (Å²) in [4.78, 5) is 24.1. The average Bonchev–Trinajstić information content (AvgIpc) is 3.33. The van der Waals surface area contributed by atoms with E-state index in [9.17, 15) is 14.9 Å². The van der Waals surface area contributed by atoms with Crippen LogP contribution in [-0.2, 0) is 13.0 Å². The quantitative estimate of drug-likeness (QED) is 0.276. The van der Waals surface area contributed by atoms with Crippen molar-refractivity contribution in [2.45, 2.75) is 19.9 Å². The van der Waals surface area contributed by atoms with Crippen molar-refractivity contribution in [1.29, 1.82) is 0 Å². The molecule has 0 saturated heterocycles. The summed E-state index contributed by atoms with van der Waals surface area (Å²) in [5.41, 5.74) is 0. The average molecular weight is 357 g/mol. The fraction of sp³-hybridized carbons (Fsp3) is 0.176. The number of aromatic nitrogens is 2. The molecule has 0 aliphatic carbocycles. The molecule has 0 unspecified atom stereocenters. The van der Waals surface area contributed by atoms with Gasteiger partial charge in [0.25, 0.3) is 0 Å². The van der Waals surface area contributed by atoms with Gasteiger partial charge in [0.1, 0.15) is 18.1 Å². The maximum atomic E-state index is 12.1. The Balaban J connectivity index is 1.64. The van der Waals surface area contributed by atoms with Gasteiger partial charge in [0.15, 0.2) is 5.78 Å². The van der Waals surface area contributed by atoms with Crippen LogP contribution in [0.2, 0.25) is 0 Å². The molecule has 3 aromatic rings. The highest BCUT2D eigenvalue weighted by molar-refractivity contribution is 7.14. The Morgan fingerprint density at radius 1 is 1.36 bits per heavy atom. The second-order valence-corrected chi connectivity index (χ2v) is 6.42. The fourth-order valence-electron chi connectivity index (χ4n) is 2.21. The maximum Gasteiger partial charge on any atom is 0.389 e. The minimum atomic E-state index is -0.549. The van der Waals surface area contributed by atoms with Gasteiger partial charge in [-0.25, -0.2) is 0 Å². The largest absolute Gasteiger partial charge is 0.460 e. The monoisotopic (exact) mass is 357 g/mol. The van der Waals surface area contributed by atoms with E-state index >= 15 is 0 Å². The number of nitrogens with zero attached hydrogens (tertiary/aromatic N) is 3. The molecule has 0 saturated carbocycles. The number of carbonyl (C=O) groups is 1. The summed E-state index contributed by atoms with van der Waals surface area (Å²) in [5, 5.41) is 14.4. The van der Waals surface area contributed by atoms with E-state index in [0.29, 0.717) is 16.4 Å². The summed E-state index contributed by atoms with van der Waals surface area (Å²) in [6, 6.07) is 8.60. The van der Waals surface area contributed by atoms with Crippen LogP contribution in [0, 0.1) is 10.1 Å². The molecule has 0 radical (unpaired) electrons. The molecular weight excluding hydrogens is 342 g/mol. The summed E-state index contributed by atoms with van der Waals surface area (Å²) in [7, 11) is 0. The molecule has 3 aromatic heterocycles. The molecule has 0 amide bonds. The normalized spacial score (nSPS) is 11.2. The van der Waals surface area contributed by atoms with E-state index in [1.165, 1.54) is 39.2 Å². The second-order valence-electron chi connectivity index (χ2n) is 5.25. The van der Waals surface area contributed by atoms with Crippen molar-refractivity contribution in [3.63, 3.8) is 0 Å². The van der Waals surface area contributed by atoms with Crippen LogP contribution < -0.4 is 0 Å². The lowest BCUT2D eigenvalue weighted by atomic mass is 10.2. The van der Waals surface area contributed by atoms with E-state index in [0.717, 1.165) is 6.42 Å². The fourth-order valence-corrected chi connectivity index (χ4v) is 3.07. The summed E-state index contributed by atoms with van der Waals surface area (Å²) in [5.74, 6) is 0.858. The minimum absolute atomic E-state index is 0.0645. The van der Waals surface area contributed by atoms with Crippen LogP contribution in [0.15, 0.2) is 47.0 Å². The third-order valence-corrected chi connectivity index (χ3v) is 4.71. The Hall–Kier alpha value is -3.00. The first kappa shape index (κ1) is 16.8. The van der Waals surface area contributed by atoms with E-state index in [1.54, 1.807) is 18.2 Å². The number of carbonyl (C=O) groups excluding carboxylic acids is 1. The van der Waals surface area contributed by atoms with Crippen molar-refractivity contribution in [1.82, 2.24) is 9.78 Å². The number of allylic oxidation sites excluding steroid dienone is 1. The van der Waals surface area contributed by atoms with Crippen LogP contribution in [-0.4, -0.2) is 20.5 Å². The SMILES string of the molecule is CCc1ccc(C(=O)/C=C/c2ccc(Cn3ccc([N+](=O)[O-])n3)o2)s1. The molecule has 0 spiro atoms. The molecule has 0 bridgehead atoms. The van der Waals surface area contributed by atoms with Gasteiger partial charge in [0.05, 0.1) is 22.2 Å². The van der Waals surface area contributed by atoms with Crippen LogP contribution in [0.1, 0.15) is 33.0 Å². The molecular formula is C17H15N3O4S. The third kappa shape index (κ3) is 4.10. The molecule has 8 heteroatoms. The lowest BCUT2D eigenvalue weighted by molar-refractivity contribution is -0.389. The van der Waals surface area contributed by atoms with Gasteiger partial charge in [-0.1, -0.05) is 6.92 Å². The molecule has 0 fully saturated rings. The highest BCUT2D eigenvalue weighted by atomic mass is 32.1. The smallest absolute Gasteiger partial charge is 0.389 e. The molecule has 25 heavy (non-hydrogen) atoms. The van der Waals surface area contributed by atoms with Gasteiger partial charge in [-0.05, 0) is 47.8 Å². The molecule has 0 aromatic carbocycles. The first-order chi connectivity index (χ1) is 12.0. The number of aryl methyl sites for hydroxylation is 1. The molecule has 128 valence electrons. The Bertz CT molecular complexity index is 935. The van der Waals surface area contributed by atoms with Gasteiger partial charge >= 0.3 is 5.82 Å². The Morgan fingerprint density at radius 3 is 2.88 bits per heavy atom. The highest BCUT2D eigenvalue weighted by Crippen LogP contribution is 2.19. The number of nitro groups is 1. The van der Waals surface area contributed by atoms with Crippen molar-refractivity contribution in [2.75, 3.05) is 0 Å². The van der Waals surface area contributed by atoms with E-state index in [4.69, 9.17) is 4.42 Å². The number of furan rings is 1. The van der Waals surface area contributed by atoms with Gasteiger partial charge in [-0.3, -0.25) is 4.79 Å². The number of rotatable bonds is 7. The van der Waals surface area contributed by atoms with Crippen molar-refractivity contribution < 1.29 is 14.1 Å². The Labute approximate surface area is 147 Å². The van der Waals surface area contributed by atoms with Crippen molar-refractivity contribution in [2.24, 2.45) is 0 Å². The van der Waals surface area contributed by atoms with Crippen molar-refractivity contribution in [3.8, 4) is 0 Å². The van der Waals surface area contributed by atoms with Crippen LogP contribution in [0.4, 0.5) is 5.82 Å². The number of thiophene rings is 1. The van der Waals surface area contributed by atoms with E-state index in [2.05, 4.69) is 12.0 Å². The van der Waals surface area contributed by atoms with Crippen LogP contribution in [0.3, 0.4) is 0 Å². The molecule has 0 atom stereocenters. The summed E-state index contributed by atoms with van der Waals surface area (Å²) < 4.78 is 7.03. The molecule has 0 aliphatic rings. The van der Waals surface area contributed by atoms with Gasteiger partial charge < -0.3 is 14.5 Å². The Kier molecular flexibility index (Phi) is 4.90. The van der Waals surface area contributed by atoms with Gasteiger partial charge in [-0.15, -0.1) is 11.3 Å². The minimum Gasteiger partial charge on any atom is -0.460 e. The number of hydrogen-bond donors (Lipinski definition) is 0. The van der Waals surface area contributed by atoms with E-state index in [1.807, 2.05) is 12.1 Å². The topological polar surface area (TPSA) is 91.2 Å². The summed E-state index contributed by atoms with van der Waals surface area (Å²) in [6.07, 6.45) is 5.52. The van der Waals surface area contributed by atoms with Crippen molar-refractivity contribution in [3.05, 3.63) is 74.0 Å². The van der Waals surface area contributed by atoms with Gasteiger partial charge in [0, 0.05) is 4.88 Å². The Morgan fingerprint density at radius 2 is 2.20 bits per heavy atom. The standard InChI is InChI=1S/C17H15N3O4S/c1-2-14-6-8-16(25-14)15(21)7-5-12-3-4-13(24-12)11-19-10-9-17(18-19)20(22)23/h3-10H,2,11H2,1H3/b7-5+. The molecule has 7 nitrogen and oxygen atoms in total. The van der Waals surface area contributed by atoms with Crippen LogP contribution in [0.25, 0.3) is 6.08 Å². The molecule has 3 heterocycles. The van der Waals surface area contributed by atoms with Gasteiger partial charge in [0.2, 0.25) is 0 Å². The summed E-state index contributed by atoms with van der Waals surface area (Å²) in [6.45, 7) is 2.33. The second kappa shape index (κ2) is 7.27. The lowest BCUT2D eigenvalue weighted by Gasteiger charge is -1.93. The molecule has 3 rings (SSSR count). The zero-order chi connectivity index (χ0) is 17.8. The van der Waals surface area contributed by atoms with E-state index in [-0.39, 0.29) is 18.1 Å². The lowest BCUT2D eigenvalue weighted by Crippen LogP contribution is -2.00.